The van der Waals surface area contributed by atoms with E-state index in [9.17, 15) is 4.79 Å². The van der Waals surface area contributed by atoms with Crippen molar-refractivity contribution in [3.63, 3.8) is 0 Å². The molecule has 0 aromatic carbocycles. The molecule has 5 nitrogen and oxygen atoms in total. The van der Waals surface area contributed by atoms with Gasteiger partial charge >= 0.3 is 0 Å². The van der Waals surface area contributed by atoms with E-state index in [-0.39, 0.29) is 5.91 Å². The molecule has 1 amide bonds. The first-order valence-corrected chi connectivity index (χ1v) is 3.69. The van der Waals surface area contributed by atoms with Gasteiger partial charge in [-0.05, 0) is 6.08 Å². The second-order valence-electron chi connectivity index (χ2n) is 2.39. The lowest BCUT2D eigenvalue weighted by Gasteiger charge is -1.99. The molecule has 1 aromatic heterocycles. The van der Waals surface area contributed by atoms with Gasteiger partial charge < -0.3 is 10.1 Å². The summed E-state index contributed by atoms with van der Waals surface area (Å²) in [5.41, 5.74) is 0. The molecule has 5 heteroatoms. The van der Waals surface area contributed by atoms with Crippen LogP contribution < -0.4 is 10.1 Å². The Morgan fingerprint density at radius 2 is 2.54 bits per heavy atom. The van der Waals surface area contributed by atoms with Gasteiger partial charge in [0.1, 0.15) is 5.82 Å². The number of methoxy groups -OCH3 is 1. The monoisotopic (exact) mass is 181 g/mol. The van der Waals surface area contributed by atoms with Crippen LogP contribution in [0.5, 0.6) is 5.88 Å². The number of anilines is 1. The minimum atomic E-state index is -0.273. The van der Waals surface area contributed by atoms with Crippen LogP contribution in [0.3, 0.4) is 0 Å². The standard InChI is InChI=1S/C8H11N3O2/c1-4-7(12)9-6-5-8(13-3)10-11(6)2/h4-5H,1H2,2-3H3,(H,9,12). The molecule has 1 rings (SSSR count). The third-order valence-corrected chi connectivity index (χ3v) is 1.50. The Kier molecular flexibility index (Phi) is 2.69. The zero-order valence-corrected chi connectivity index (χ0v) is 7.57. The van der Waals surface area contributed by atoms with E-state index in [0.717, 1.165) is 0 Å². The smallest absolute Gasteiger partial charge is 0.248 e. The molecular formula is C8H11N3O2. The molecule has 1 aromatic rings. The van der Waals surface area contributed by atoms with E-state index in [0.29, 0.717) is 11.7 Å². The fraction of sp³-hybridized carbons (Fsp3) is 0.250. The topological polar surface area (TPSA) is 56.1 Å². The largest absolute Gasteiger partial charge is 0.480 e. The molecule has 0 aliphatic rings. The summed E-state index contributed by atoms with van der Waals surface area (Å²) in [7, 11) is 3.22. The zero-order chi connectivity index (χ0) is 9.84. The van der Waals surface area contributed by atoms with Gasteiger partial charge in [0.05, 0.1) is 7.11 Å². The van der Waals surface area contributed by atoms with Gasteiger partial charge in [-0.15, -0.1) is 5.10 Å². The molecule has 0 radical (unpaired) electrons. The second kappa shape index (κ2) is 3.75. The van der Waals surface area contributed by atoms with Gasteiger partial charge in [0.25, 0.3) is 0 Å². The molecule has 1 N–H and O–H groups in total. The van der Waals surface area contributed by atoms with Gasteiger partial charge in [-0.25, -0.2) is 4.68 Å². The summed E-state index contributed by atoms with van der Waals surface area (Å²) in [6.07, 6.45) is 1.19. The highest BCUT2D eigenvalue weighted by molar-refractivity contribution is 5.98. The van der Waals surface area contributed by atoms with Crippen LogP contribution in [0.1, 0.15) is 0 Å². The first-order chi connectivity index (χ1) is 6.17. The number of hydrogen-bond acceptors (Lipinski definition) is 3. The minimum absolute atomic E-state index is 0.273. The average molecular weight is 181 g/mol. The Labute approximate surface area is 76.0 Å². The van der Waals surface area contributed by atoms with E-state index in [2.05, 4.69) is 17.0 Å². The van der Waals surface area contributed by atoms with E-state index >= 15 is 0 Å². The molecule has 70 valence electrons. The summed E-state index contributed by atoms with van der Waals surface area (Å²) in [6.45, 7) is 3.34. The summed E-state index contributed by atoms with van der Waals surface area (Å²) in [5.74, 6) is 0.759. The lowest BCUT2D eigenvalue weighted by molar-refractivity contribution is -0.111. The van der Waals surface area contributed by atoms with Crippen molar-refractivity contribution in [2.24, 2.45) is 7.05 Å². The van der Waals surface area contributed by atoms with Crippen molar-refractivity contribution in [2.75, 3.05) is 12.4 Å². The first kappa shape index (κ1) is 9.31. The Hall–Kier alpha value is -1.78. The highest BCUT2D eigenvalue weighted by Crippen LogP contribution is 2.14. The number of nitrogens with one attached hydrogen (secondary N) is 1. The van der Waals surface area contributed by atoms with Crippen LogP contribution in [0.15, 0.2) is 18.7 Å². The predicted octanol–water partition coefficient (Wildman–Crippen LogP) is 0.553. The molecule has 0 bridgehead atoms. The molecule has 0 aliphatic carbocycles. The number of aryl methyl sites for hydroxylation is 1. The van der Waals surface area contributed by atoms with E-state index in [1.807, 2.05) is 0 Å². The van der Waals surface area contributed by atoms with Gasteiger partial charge in [-0.2, -0.15) is 0 Å². The highest BCUT2D eigenvalue weighted by Gasteiger charge is 2.05. The van der Waals surface area contributed by atoms with Gasteiger partial charge in [0.15, 0.2) is 0 Å². The van der Waals surface area contributed by atoms with Crippen molar-refractivity contribution >= 4 is 11.7 Å². The van der Waals surface area contributed by atoms with E-state index in [4.69, 9.17) is 4.74 Å². The Bertz CT molecular complexity index is 330. The summed E-state index contributed by atoms with van der Waals surface area (Å²) in [4.78, 5) is 10.9. The quantitative estimate of drug-likeness (QED) is 0.693. The molecule has 0 atom stereocenters. The molecule has 0 spiro atoms. The van der Waals surface area contributed by atoms with Crippen LogP contribution >= 0.6 is 0 Å². The van der Waals surface area contributed by atoms with Crippen molar-refractivity contribution in [3.05, 3.63) is 18.7 Å². The Balaban J connectivity index is 2.82. The average Bonchev–Trinajstić information content (AvgIpc) is 2.47. The number of rotatable bonds is 3. The van der Waals surface area contributed by atoms with Crippen molar-refractivity contribution in [3.8, 4) is 5.88 Å². The molecule has 0 unspecified atom stereocenters. The fourth-order valence-corrected chi connectivity index (χ4v) is 0.835. The van der Waals surface area contributed by atoms with Crippen LogP contribution in [-0.4, -0.2) is 22.8 Å². The molecule has 0 fully saturated rings. The summed E-state index contributed by atoms with van der Waals surface area (Å²) in [6, 6.07) is 1.63. The SMILES string of the molecule is C=CC(=O)Nc1cc(OC)nn1C. The van der Waals surface area contributed by atoms with Gasteiger partial charge in [0.2, 0.25) is 11.8 Å². The van der Waals surface area contributed by atoms with E-state index in [1.165, 1.54) is 17.9 Å². The van der Waals surface area contributed by atoms with Crippen LogP contribution in [0.25, 0.3) is 0 Å². The predicted molar refractivity (Wildman–Crippen MR) is 48.6 cm³/mol. The van der Waals surface area contributed by atoms with Crippen molar-refractivity contribution in [2.45, 2.75) is 0 Å². The van der Waals surface area contributed by atoms with Gasteiger partial charge in [-0.3, -0.25) is 4.79 Å². The fourth-order valence-electron chi connectivity index (χ4n) is 0.835. The van der Waals surface area contributed by atoms with Gasteiger partial charge in [-0.1, -0.05) is 6.58 Å². The number of carbonyl (C=O) groups is 1. The summed E-state index contributed by atoms with van der Waals surface area (Å²) in [5, 5.41) is 6.54. The molecular weight excluding hydrogens is 170 g/mol. The lowest BCUT2D eigenvalue weighted by atomic mass is 10.5. The first-order valence-electron chi connectivity index (χ1n) is 3.69. The van der Waals surface area contributed by atoms with E-state index in [1.54, 1.807) is 13.1 Å². The number of hydrogen-bond donors (Lipinski definition) is 1. The summed E-state index contributed by atoms with van der Waals surface area (Å²) >= 11 is 0. The number of amides is 1. The van der Waals surface area contributed by atoms with Crippen LogP contribution in [0.4, 0.5) is 5.82 Å². The molecule has 1 heterocycles. The van der Waals surface area contributed by atoms with Crippen LogP contribution in [0, 0.1) is 0 Å². The normalized spacial score (nSPS) is 9.38. The number of nitrogens with zero attached hydrogens (tertiary/aromatic N) is 2. The Morgan fingerprint density at radius 1 is 1.85 bits per heavy atom. The third-order valence-electron chi connectivity index (χ3n) is 1.50. The number of ether oxygens (including phenoxy) is 1. The van der Waals surface area contributed by atoms with Gasteiger partial charge in [0, 0.05) is 13.1 Å². The molecule has 13 heavy (non-hydrogen) atoms. The molecule has 0 saturated carbocycles. The van der Waals surface area contributed by atoms with E-state index < -0.39 is 0 Å². The molecule has 0 aliphatic heterocycles. The third kappa shape index (κ3) is 2.08. The summed E-state index contributed by atoms with van der Waals surface area (Å²) < 4.78 is 6.40. The minimum Gasteiger partial charge on any atom is -0.480 e. The second-order valence-corrected chi connectivity index (χ2v) is 2.39. The van der Waals surface area contributed by atoms with Crippen molar-refractivity contribution < 1.29 is 9.53 Å². The van der Waals surface area contributed by atoms with Crippen molar-refractivity contribution in [1.82, 2.24) is 9.78 Å². The number of aromatic nitrogens is 2. The maximum absolute atomic E-state index is 10.9. The lowest BCUT2D eigenvalue weighted by Crippen LogP contribution is -2.10. The number of carbonyl (C=O) groups excluding carboxylic acids is 1. The molecule has 0 saturated heterocycles. The van der Waals surface area contributed by atoms with Crippen molar-refractivity contribution in [1.29, 1.82) is 0 Å². The van der Waals surface area contributed by atoms with Crippen LogP contribution in [0.2, 0.25) is 0 Å². The maximum Gasteiger partial charge on any atom is 0.248 e. The maximum atomic E-state index is 10.9. The zero-order valence-electron chi connectivity index (χ0n) is 7.57. The Morgan fingerprint density at radius 3 is 3.00 bits per heavy atom. The van der Waals surface area contributed by atoms with Crippen LogP contribution in [-0.2, 0) is 11.8 Å². The highest BCUT2D eigenvalue weighted by atomic mass is 16.5.